The maximum Gasteiger partial charge on any atom is 0.224 e. The average Bonchev–Trinajstić information content (AvgIpc) is 2.97. The summed E-state index contributed by atoms with van der Waals surface area (Å²) in [5.41, 5.74) is 4.84. The van der Waals surface area contributed by atoms with Crippen molar-refractivity contribution in [2.45, 2.75) is 31.1 Å². The molecule has 2 amide bonds. The third-order valence-corrected chi connectivity index (χ3v) is 6.39. The second kappa shape index (κ2) is 13.4. The van der Waals surface area contributed by atoms with Crippen molar-refractivity contribution in [3.63, 3.8) is 0 Å². The predicted molar refractivity (Wildman–Crippen MR) is 152 cm³/mol. The fourth-order valence-corrected chi connectivity index (χ4v) is 4.35. The fraction of sp³-hybridized carbons (Fsp3) is 0.152. The number of benzene rings is 4. The van der Waals surface area contributed by atoms with E-state index in [1.165, 1.54) is 0 Å². The molecule has 39 heavy (non-hydrogen) atoms. The molecule has 0 saturated heterocycles. The maximum atomic E-state index is 12.4. The molecule has 0 fully saturated rings. The molecule has 0 radical (unpaired) electrons. The van der Waals surface area contributed by atoms with Gasteiger partial charge in [0.25, 0.3) is 0 Å². The number of nitrogens with zero attached hydrogens (tertiary/aromatic N) is 2. The lowest BCUT2D eigenvalue weighted by Gasteiger charge is -2.12. The van der Waals surface area contributed by atoms with Crippen LogP contribution < -0.4 is 10.6 Å². The molecule has 0 saturated carbocycles. The number of rotatable bonds is 10. The third kappa shape index (κ3) is 7.41. The lowest BCUT2D eigenvalue weighted by atomic mass is 9.92. The smallest absolute Gasteiger partial charge is 0.224 e. The number of nitrogens with one attached hydrogen (secondary N) is 2. The predicted octanol–water partition coefficient (Wildman–Crippen LogP) is 6.75. The van der Waals surface area contributed by atoms with Gasteiger partial charge in [-0.15, -0.1) is 0 Å². The number of hydrogen-bond donors (Lipinski definition) is 2. The Balaban J connectivity index is 1.22. The molecular formula is C33H28N4O2. The molecule has 2 N–H and O–H groups in total. The van der Waals surface area contributed by atoms with Gasteiger partial charge in [0.15, 0.2) is 0 Å². The molecule has 4 aromatic carbocycles. The highest BCUT2D eigenvalue weighted by molar-refractivity contribution is 5.93. The number of nitriles is 2. The second-order valence-corrected chi connectivity index (χ2v) is 9.14. The van der Waals surface area contributed by atoms with Crippen LogP contribution >= 0.6 is 0 Å². The van der Waals surface area contributed by atoms with Crippen LogP contribution in [0.4, 0.5) is 11.4 Å². The van der Waals surface area contributed by atoms with Crippen LogP contribution in [0, 0.1) is 22.7 Å². The zero-order valence-electron chi connectivity index (χ0n) is 21.4. The van der Waals surface area contributed by atoms with E-state index in [1.54, 1.807) is 24.3 Å². The molecule has 0 aromatic heterocycles. The number of anilines is 2. The maximum absolute atomic E-state index is 12.4. The van der Waals surface area contributed by atoms with Crippen LogP contribution in [0.1, 0.15) is 53.4 Å². The summed E-state index contributed by atoms with van der Waals surface area (Å²) in [6.45, 7) is 0. The van der Waals surface area contributed by atoms with Crippen molar-refractivity contribution in [2.24, 2.45) is 0 Å². The summed E-state index contributed by atoms with van der Waals surface area (Å²) in [6, 6.07) is 38.3. The van der Waals surface area contributed by atoms with Crippen LogP contribution in [0.15, 0.2) is 109 Å². The van der Waals surface area contributed by atoms with E-state index in [2.05, 4.69) is 22.8 Å². The van der Waals surface area contributed by atoms with E-state index < -0.39 is 0 Å². The third-order valence-electron chi connectivity index (χ3n) is 6.39. The number of carbonyl (C=O) groups is 2. The monoisotopic (exact) mass is 512 g/mol. The normalized spacial score (nSPS) is 11.8. The number of hydrogen-bond acceptors (Lipinski definition) is 4. The minimum Gasteiger partial charge on any atom is -0.326 e. The highest BCUT2D eigenvalue weighted by atomic mass is 16.2. The topological polar surface area (TPSA) is 106 Å². The van der Waals surface area contributed by atoms with Crippen molar-refractivity contribution in [2.75, 3.05) is 10.6 Å². The van der Waals surface area contributed by atoms with Crippen LogP contribution in [0.25, 0.3) is 0 Å². The Morgan fingerprint density at radius 3 is 1.21 bits per heavy atom. The number of carbonyl (C=O) groups excluding carboxylic acids is 2. The van der Waals surface area contributed by atoms with Gasteiger partial charge in [-0.25, -0.2) is 0 Å². The average molecular weight is 513 g/mol. The van der Waals surface area contributed by atoms with E-state index >= 15 is 0 Å². The summed E-state index contributed by atoms with van der Waals surface area (Å²) in [5.74, 6) is -1.10. The molecule has 6 heteroatoms. The lowest BCUT2D eigenvalue weighted by Crippen LogP contribution is -2.15. The van der Waals surface area contributed by atoms with E-state index in [9.17, 15) is 20.1 Å². The molecule has 192 valence electrons. The zero-order valence-corrected chi connectivity index (χ0v) is 21.4. The molecule has 6 nitrogen and oxygen atoms in total. The second-order valence-electron chi connectivity index (χ2n) is 9.14. The summed E-state index contributed by atoms with van der Waals surface area (Å²) in [5, 5.41) is 24.9. The minimum absolute atomic E-state index is 0.178. The Morgan fingerprint density at radius 2 is 0.872 bits per heavy atom. The van der Waals surface area contributed by atoms with E-state index in [0.717, 1.165) is 22.3 Å². The van der Waals surface area contributed by atoms with E-state index in [0.29, 0.717) is 17.8 Å². The first-order valence-corrected chi connectivity index (χ1v) is 12.8. The summed E-state index contributed by atoms with van der Waals surface area (Å²) in [4.78, 5) is 24.7. The molecule has 0 spiro atoms. The van der Waals surface area contributed by atoms with E-state index in [4.69, 9.17) is 0 Å². The fourth-order valence-electron chi connectivity index (χ4n) is 4.35. The first-order chi connectivity index (χ1) is 19.1. The minimum atomic E-state index is -0.373. The molecular weight excluding hydrogens is 484 g/mol. The first kappa shape index (κ1) is 26.9. The van der Waals surface area contributed by atoms with Crippen molar-refractivity contribution in [3.05, 3.63) is 131 Å². The quantitative estimate of drug-likeness (QED) is 0.245. The Bertz CT molecular complexity index is 1350. The van der Waals surface area contributed by atoms with Gasteiger partial charge in [0, 0.05) is 24.2 Å². The Labute approximate surface area is 228 Å². The molecule has 2 atom stereocenters. The van der Waals surface area contributed by atoms with Crippen molar-refractivity contribution < 1.29 is 9.59 Å². The molecule has 0 heterocycles. The van der Waals surface area contributed by atoms with Gasteiger partial charge in [-0.3, -0.25) is 9.59 Å². The molecule has 0 bridgehead atoms. The summed E-state index contributed by atoms with van der Waals surface area (Å²) in [6.07, 6.45) is 0.822. The highest BCUT2D eigenvalue weighted by Gasteiger charge is 2.14. The van der Waals surface area contributed by atoms with Crippen LogP contribution in [0.5, 0.6) is 0 Å². The van der Waals surface area contributed by atoms with Gasteiger partial charge in [0.2, 0.25) is 11.8 Å². The Morgan fingerprint density at radius 1 is 0.538 bits per heavy atom. The number of amides is 2. The largest absolute Gasteiger partial charge is 0.326 e. The van der Waals surface area contributed by atoms with Gasteiger partial charge >= 0.3 is 0 Å². The van der Waals surface area contributed by atoms with Crippen LogP contribution in [-0.4, -0.2) is 11.8 Å². The molecule has 4 aromatic rings. The lowest BCUT2D eigenvalue weighted by molar-refractivity contribution is -0.117. The summed E-state index contributed by atoms with van der Waals surface area (Å²) >= 11 is 0. The molecule has 0 aliphatic carbocycles. The van der Waals surface area contributed by atoms with Crippen molar-refractivity contribution in [3.8, 4) is 12.1 Å². The van der Waals surface area contributed by atoms with Gasteiger partial charge in [-0.1, -0.05) is 84.9 Å². The van der Waals surface area contributed by atoms with Crippen LogP contribution in [0.2, 0.25) is 0 Å². The zero-order chi connectivity index (χ0) is 27.5. The standard InChI is InChI=1S/C33H28N4O2/c34-22-30(24-8-3-1-4-9-24)26-14-18-28(19-15-26)36-32(38)12-7-13-33(39)37-29-20-16-27(17-21-29)31(23-35)25-10-5-2-6-11-25/h1-6,8-11,14-21,30-31H,7,12-13H2,(H,36,38)(H,37,39). The van der Waals surface area contributed by atoms with Crippen LogP contribution in [-0.2, 0) is 9.59 Å². The Kier molecular flexibility index (Phi) is 9.21. The van der Waals surface area contributed by atoms with Gasteiger partial charge in [-0.05, 0) is 52.9 Å². The molecule has 4 rings (SSSR count). The van der Waals surface area contributed by atoms with Gasteiger partial charge in [0.1, 0.15) is 0 Å². The molecule has 0 aliphatic rings. The molecule has 0 aliphatic heterocycles. The SMILES string of the molecule is N#CC(c1ccccc1)c1ccc(NC(=O)CCCC(=O)Nc2ccc(C(C#N)c3ccccc3)cc2)cc1. The molecule has 2 unspecified atom stereocenters. The summed E-state index contributed by atoms with van der Waals surface area (Å²) in [7, 11) is 0. The van der Waals surface area contributed by atoms with Gasteiger partial charge < -0.3 is 10.6 Å². The van der Waals surface area contributed by atoms with Gasteiger partial charge in [-0.2, -0.15) is 10.5 Å². The first-order valence-electron chi connectivity index (χ1n) is 12.8. The van der Waals surface area contributed by atoms with Gasteiger partial charge in [0.05, 0.1) is 24.0 Å². The van der Waals surface area contributed by atoms with Crippen LogP contribution in [0.3, 0.4) is 0 Å². The summed E-state index contributed by atoms with van der Waals surface area (Å²) < 4.78 is 0. The van der Waals surface area contributed by atoms with Crippen molar-refractivity contribution in [1.29, 1.82) is 10.5 Å². The van der Waals surface area contributed by atoms with Crippen molar-refractivity contribution in [1.82, 2.24) is 0 Å². The highest BCUT2D eigenvalue weighted by Crippen LogP contribution is 2.26. The Hall–Kier alpha value is -5.20. The van der Waals surface area contributed by atoms with E-state index in [1.807, 2.05) is 84.9 Å². The van der Waals surface area contributed by atoms with Crippen molar-refractivity contribution >= 4 is 23.2 Å². The van der Waals surface area contributed by atoms with E-state index in [-0.39, 0.29) is 36.5 Å².